The molecule has 1 saturated carbocycles. The van der Waals surface area contributed by atoms with E-state index in [1.54, 1.807) is 0 Å². The van der Waals surface area contributed by atoms with Crippen LogP contribution >= 0.6 is 0 Å². The molecule has 1 heterocycles. The Morgan fingerprint density at radius 3 is 2.76 bits per heavy atom. The number of carbonyl (C=O) groups is 1. The minimum absolute atomic E-state index is 0.289. The number of benzene rings is 1. The highest BCUT2D eigenvalue weighted by Crippen LogP contribution is 2.39. The zero-order valence-electron chi connectivity index (χ0n) is 9.93. The van der Waals surface area contributed by atoms with Gasteiger partial charge in [-0.3, -0.25) is 4.79 Å². The Kier molecular flexibility index (Phi) is 2.63. The lowest BCUT2D eigenvalue weighted by molar-refractivity contribution is -0.119. The molecule has 1 aliphatic heterocycles. The van der Waals surface area contributed by atoms with E-state index in [1.165, 1.54) is 5.56 Å². The minimum atomic E-state index is 0.289. The van der Waals surface area contributed by atoms with Crippen LogP contribution in [-0.2, 0) is 4.79 Å². The maximum atomic E-state index is 12.2. The van der Waals surface area contributed by atoms with Crippen LogP contribution in [0.4, 0.5) is 5.69 Å². The Bertz CT molecular complexity index is 440. The van der Waals surface area contributed by atoms with Gasteiger partial charge in [0.15, 0.2) is 0 Å². The van der Waals surface area contributed by atoms with Crippen LogP contribution in [0.2, 0.25) is 0 Å². The Morgan fingerprint density at radius 2 is 2.06 bits per heavy atom. The average Bonchev–Trinajstić information content (AvgIpc) is 3.21. The minimum Gasteiger partial charge on any atom is -0.330 e. The molecule has 0 spiro atoms. The summed E-state index contributed by atoms with van der Waals surface area (Å²) < 4.78 is 0. The van der Waals surface area contributed by atoms with E-state index in [9.17, 15) is 4.79 Å². The van der Waals surface area contributed by atoms with Gasteiger partial charge in [0.2, 0.25) is 5.91 Å². The van der Waals surface area contributed by atoms with Crippen molar-refractivity contribution in [2.75, 3.05) is 18.0 Å². The number of nitrogens with zero attached hydrogens (tertiary/aromatic N) is 1. The van der Waals surface area contributed by atoms with E-state index in [1.807, 2.05) is 17.0 Å². The second-order valence-corrected chi connectivity index (χ2v) is 5.04. The number of rotatable bonds is 2. The molecule has 3 nitrogen and oxygen atoms in total. The quantitative estimate of drug-likeness (QED) is 0.843. The number of para-hydroxylation sites is 1. The Balaban J connectivity index is 1.95. The number of nitrogens with two attached hydrogens (primary N) is 1. The number of fused-ring (bicyclic) bond motifs is 1. The molecule has 2 N–H and O–H groups in total. The van der Waals surface area contributed by atoms with Crippen molar-refractivity contribution in [3.05, 3.63) is 29.8 Å². The van der Waals surface area contributed by atoms with Crippen LogP contribution in [0.25, 0.3) is 0 Å². The monoisotopic (exact) mass is 230 g/mol. The average molecular weight is 230 g/mol. The number of hydrogen-bond donors (Lipinski definition) is 1. The maximum absolute atomic E-state index is 12.2. The molecule has 0 radical (unpaired) electrons. The van der Waals surface area contributed by atoms with E-state index in [2.05, 4.69) is 12.1 Å². The fourth-order valence-electron chi connectivity index (χ4n) is 2.66. The third kappa shape index (κ3) is 1.84. The van der Waals surface area contributed by atoms with Crippen molar-refractivity contribution in [2.24, 2.45) is 11.7 Å². The smallest absolute Gasteiger partial charge is 0.230 e. The normalized spacial score (nSPS) is 23.4. The van der Waals surface area contributed by atoms with Gasteiger partial charge in [-0.2, -0.15) is 0 Å². The van der Waals surface area contributed by atoms with Gasteiger partial charge in [-0.05, 0) is 43.4 Å². The lowest BCUT2D eigenvalue weighted by Crippen LogP contribution is -2.38. The van der Waals surface area contributed by atoms with E-state index in [0.717, 1.165) is 31.5 Å². The molecule has 1 aromatic carbocycles. The van der Waals surface area contributed by atoms with Gasteiger partial charge in [0.25, 0.3) is 0 Å². The lowest BCUT2D eigenvalue weighted by atomic mass is 9.90. The number of carbonyl (C=O) groups excluding carboxylic acids is 1. The first-order valence-electron chi connectivity index (χ1n) is 6.41. The van der Waals surface area contributed by atoms with Gasteiger partial charge >= 0.3 is 0 Å². The molecule has 1 aromatic rings. The van der Waals surface area contributed by atoms with E-state index >= 15 is 0 Å². The number of hydrogen-bond acceptors (Lipinski definition) is 2. The maximum Gasteiger partial charge on any atom is 0.230 e. The highest BCUT2D eigenvalue weighted by atomic mass is 16.2. The van der Waals surface area contributed by atoms with Crippen LogP contribution in [0, 0.1) is 5.92 Å². The summed E-state index contributed by atoms with van der Waals surface area (Å²) in [5, 5.41) is 0. The predicted molar refractivity (Wildman–Crippen MR) is 67.9 cm³/mol. The molecule has 2 aliphatic rings. The van der Waals surface area contributed by atoms with Crippen molar-refractivity contribution in [3.63, 3.8) is 0 Å². The van der Waals surface area contributed by atoms with Gasteiger partial charge in [0, 0.05) is 18.2 Å². The molecule has 1 amide bonds. The Morgan fingerprint density at radius 1 is 1.29 bits per heavy atom. The van der Waals surface area contributed by atoms with Crippen LogP contribution in [0.3, 0.4) is 0 Å². The Labute approximate surface area is 102 Å². The van der Waals surface area contributed by atoms with Gasteiger partial charge in [-0.15, -0.1) is 0 Å². The van der Waals surface area contributed by atoms with E-state index in [0.29, 0.717) is 18.4 Å². The van der Waals surface area contributed by atoms with Crippen molar-refractivity contribution in [2.45, 2.75) is 25.2 Å². The van der Waals surface area contributed by atoms with Crippen LogP contribution in [-0.4, -0.2) is 19.0 Å². The first-order chi connectivity index (χ1) is 8.31. The predicted octanol–water partition coefficient (Wildman–Crippen LogP) is 1.88. The lowest BCUT2D eigenvalue weighted by Gasteiger charge is -2.34. The van der Waals surface area contributed by atoms with E-state index in [4.69, 9.17) is 5.73 Å². The molecular formula is C14H18N2O. The van der Waals surface area contributed by atoms with Gasteiger partial charge in [0.05, 0.1) is 0 Å². The van der Waals surface area contributed by atoms with Crippen molar-refractivity contribution < 1.29 is 4.79 Å². The van der Waals surface area contributed by atoms with Crippen molar-refractivity contribution in [1.82, 2.24) is 0 Å². The summed E-state index contributed by atoms with van der Waals surface area (Å²) in [7, 11) is 0. The molecule has 0 aromatic heterocycles. The highest BCUT2D eigenvalue weighted by molar-refractivity contribution is 5.97. The zero-order chi connectivity index (χ0) is 11.8. The summed E-state index contributed by atoms with van der Waals surface area (Å²) >= 11 is 0. The molecule has 1 atom stereocenters. The fraction of sp³-hybridized carbons (Fsp3) is 0.500. The summed E-state index contributed by atoms with van der Waals surface area (Å²) in [5.41, 5.74) is 8.14. The number of amides is 1. The molecule has 90 valence electrons. The molecule has 3 heteroatoms. The largest absolute Gasteiger partial charge is 0.330 e. The molecule has 1 unspecified atom stereocenters. The molecule has 1 fully saturated rings. The first-order valence-corrected chi connectivity index (χ1v) is 6.41. The Hall–Kier alpha value is -1.35. The second kappa shape index (κ2) is 4.15. The second-order valence-electron chi connectivity index (χ2n) is 5.04. The highest BCUT2D eigenvalue weighted by Gasteiger charge is 2.36. The summed E-state index contributed by atoms with van der Waals surface area (Å²) in [6, 6.07) is 8.20. The molecule has 0 bridgehead atoms. The molecule has 1 aliphatic carbocycles. The van der Waals surface area contributed by atoms with Crippen molar-refractivity contribution in [1.29, 1.82) is 0 Å². The van der Waals surface area contributed by atoms with Gasteiger partial charge in [-0.1, -0.05) is 18.2 Å². The summed E-state index contributed by atoms with van der Waals surface area (Å²) in [4.78, 5) is 14.2. The van der Waals surface area contributed by atoms with Crippen LogP contribution in [0.5, 0.6) is 0 Å². The molecule has 17 heavy (non-hydrogen) atoms. The van der Waals surface area contributed by atoms with Gasteiger partial charge in [-0.25, -0.2) is 0 Å². The molecule has 3 rings (SSSR count). The summed E-state index contributed by atoms with van der Waals surface area (Å²) in [6.45, 7) is 1.50. The third-order valence-corrected chi connectivity index (χ3v) is 3.85. The van der Waals surface area contributed by atoms with E-state index < -0.39 is 0 Å². The fourth-order valence-corrected chi connectivity index (χ4v) is 2.66. The summed E-state index contributed by atoms with van der Waals surface area (Å²) in [6.07, 6.45) is 3.13. The zero-order valence-corrected chi connectivity index (χ0v) is 9.93. The van der Waals surface area contributed by atoms with Gasteiger partial charge in [0.1, 0.15) is 0 Å². The third-order valence-electron chi connectivity index (χ3n) is 3.85. The summed E-state index contributed by atoms with van der Waals surface area (Å²) in [5.74, 6) is 1.01. The number of anilines is 1. The van der Waals surface area contributed by atoms with E-state index in [-0.39, 0.29) is 5.92 Å². The van der Waals surface area contributed by atoms with Crippen molar-refractivity contribution in [3.8, 4) is 0 Å². The topological polar surface area (TPSA) is 46.3 Å². The van der Waals surface area contributed by atoms with Crippen LogP contribution < -0.4 is 10.6 Å². The molecular weight excluding hydrogens is 212 g/mol. The standard InChI is InChI=1S/C14H18N2O/c15-9-11-7-8-16(14(17)10-5-6-10)13-4-2-1-3-12(11)13/h1-4,10-11H,5-9,15H2. The van der Waals surface area contributed by atoms with Crippen molar-refractivity contribution >= 4 is 11.6 Å². The first kappa shape index (κ1) is 10.8. The van der Waals surface area contributed by atoms with Crippen LogP contribution in [0.15, 0.2) is 24.3 Å². The van der Waals surface area contributed by atoms with Crippen LogP contribution in [0.1, 0.15) is 30.7 Å². The van der Waals surface area contributed by atoms with Gasteiger partial charge < -0.3 is 10.6 Å². The SMILES string of the molecule is NCC1CCN(C(=O)C2CC2)c2ccccc21. The molecule has 0 saturated heterocycles.